The molecule has 2 saturated carbocycles. The molecule has 4 aliphatic rings. The van der Waals surface area contributed by atoms with E-state index in [1.807, 2.05) is 6.92 Å². The van der Waals surface area contributed by atoms with E-state index in [0.717, 1.165) is 25.7 Å². The molecule has 1 aliphatic heterocycles. The van der Waals surface area contributed by atoms with Crippen LogP contribution in [0.4, 0.5) is 4.79 Å². The second-order valence-corrected chi connectivity index (χ2v) is 11.4. The van der Waals surface area contributed by atoms with Crippen molar-refractivity contribution >= 4 is 27.7 Å². The third-order valence-corrected chi connectivity index (χ3v) is 8.45. The average molecular weight is 460 g/mol. The molecule has 9 nitrogen and oxygen atoms in total. The largest absolute Gasteiger partial charge is 0.501 e. The standard InChI is InChI=1S/C22H27N4O5S/c1-13-18(14(2)31-23-13)12-26-20(27)17-10-16(32(29,30)24-22(3)8-9-22)6-7-19(17)25(21(26)28)11-15-4-5-15/h6-7,10,15-16,24H,4-5,8-9,11-12H2,1-3H3/q+1. The summed E-state index contributed by atoms with van der Waals surface area (Å²) in [6.07, 6.45) is 8.30. The molecule has 2 fully saturated rings. The van der Waals surface area contributed by atoms with Gasteiger partial charge in [-0.2, -0.15) is 14.3 Å². The number of rotatable bonds is 7. The highest BCUT2D eigenvalue weighted by atomic mass is 32.2. The Morgan fingerprint density at radius 3 is 2.59 bits per heavy atom. The number of aryl methyl sites for hydroxylation is 2. The molecule has 1 aromatic rings. The normalized spacial score (nSPS) is 24.7. The van der Waals surface area contributed by atoms with E-state index in [-0.39, 0.29) is 12.1 Å². The molecule has 3 amide bonds. The Morgan fingerprint density at radius 1 is 1.28 bits per heavy atom. The van der Waals surface area contributed by atoms with Crippen LogP contribution in [-0.2, 0) is 21.4 Å². The van der Waals surface area contributed by atoms with Gasteiger partial charge in [0.15, 0.2) is 0 Å². The van der Waals surface area contributed by atoms with Gasteiger partial charge >= 0.3 is 11.9 Å². The van der Waals surface area contributed by atoms with Crippen LogP contribution in [0.25, 0.3) is 0 Å². The summed E-state index contributed by atoms with van der Waals surface area (Å²) >= 11 is 0. The van der Waals surface area contributed by atoms with E-state index < -0.39 is 32.8 Å². The van der Waals surface area contributed by atoms with Crippen molar-refractivity contribution in [3.8, 4) is 0 Å². The Bertz CT molecular complexity index is 1200. The maximum Gasteiger partial charge on any atom is 0.501 e. The van der Waals surface area contributed by atoms with Crippen LogP contribution < -0.4 is 4.72 Å². The number of imide groups is 1. The number of hydrogen-bond acceptors (Lipinski definition) is 6. The molecule has 1 atom stereocenters. The third kappa shape index (κ3) is 3.75. The molecule has 0 spiro atoms. The van der Waals surface area contributed by atoms with Crippen molar-refractivity contribution < 1.29 is 27.1 Å². The average Bonchev–Trinajstić information content (AvgIpc) is 3.66. The van der Waals surface area contributed by atoms with Gasteiger partial charge in [-0.15, -0.1) is 0 Å². The fourth-order valence-electron chi connectivity index (χ4n) is 4.13. The number of carbonyl (C=O) groups excluding carboxylic acids is 2. The van der Waals surface area contributed by atoms with Crippen molar-refractivity contribution in [2.24, 2.45) is 5.92 Å². The SMILES string of the molecule is Cc1noc(C)c1CN1C(=O)C2=CC(S(=O)(=O)NC3(C)CC3)C=CC2=[N+](CC2CC2)C1=O. The summed E-state index contributed by atoms with van der Waals surface area (Å²) in [4.78, 5) is 27.9. The number of hydrogen-bond donors (Lipinski definition) is 1. The van der Waals surface area contributed by atoms with E-state index in [1.165, 1.54) is 11.0 Å². The molecule has 10 heteroatoms. The number of carbonyl (C=O) groups is 2. The summed E-state index contributed by atoms with van der Waals surface area (Å²) in [6.45, 7) is 5.91. The Kier molecular flexibility index (Phi) is 4.79. The fourth-order valence-corrected chi connectivity index (χ4v) is 5.76. The number of allylic oxidation sites excluding steroid dienone is 1. The molecule has 0 aromatic carbocycles. The van der Waals surface area contributed by atoms with Crippen molar-refractivity contribution in [3.63, 3.8) is 0 Å². The van der Waals surface area contributed by atoms with Crippen LogP contribution in [0.2, 0.25) is 0 Å². The van der Waals surface area contributed by atoms with E-state index in [9.17, 15) is 18.0 Å². The quantitative estimate of drug-likeness (QED) is 0.624. The summed E-state index contributed by atoms with van der Waals surface area (Å²) in [5.74, 6) is 0.443. The maximum absolute atomic E-state index is 13.4. The van der Waals surface area contributed by atoms with Crippen molar-refractivity contribution in [2.75, 3.05) is 6.54 Å². The highest BCUT2D eigenvalue weighted by Gasteiger charge is 2.49. The lowest BCUT2D eigenvalue weighted by Crippen LogP contribution is -2.52. The Hall–Kier alpha value is -2.59. The van der Waals surface area contributed by atoms with E-state index in [2.05, 4.69) is 9.88 Å². The highest BCUT2D eigenvalue weighted by molar-refractivity contribution is 7.90. The summed E-state index contributed by atoms with van der Waals surface area (Å²) < 4.78 is 35.4. The Balaban J connectivity index is 1.53. The number of aromatic nitrogens is 1. The molecule has 0 bridgehead atoms. The van der Waals surface area contributed by atoms with Crippen LogP contribution in [0.5, 0.6) is 0 Å². The van der Waals surface area contributed by atoms with E-state index >= 15 is 0 Å². The van der Waals surface area contributed by atoms with Gasteiger partial charge in [0.05, 0.1) is 17.8 Å². The summed E-state index contributed by atoms with van der Waals surface area (Å²) in [5, 5.41) is 2.95. The number of nitrogens with zero attached hydrogens (tertiary/aromatic N) is 3. The summed E-state index contributed by atoms with van der Waals surface area (Å²) in [7, 11) is -3.70. The van der Waals surface area contributed by atoms with Crippen LogP contribution in [0.15, 0.2) is 28.3 Å². The van der Waals surface area contributed by atoms with Gasteiger partial charge in [0.1, 0.15) is 28.8 Å². The maximum atomic E-state index is 13.4. The molecule has 3 aliphatic carbocycles. The smallest absolute Gasteiger partial charge is 0.361 e. The Morgan fingerprint density at radius 2 is 2.00 bits per heavy atom. The zero-order valence-electron chi connectivity index (χ0n) is 18.4. The zero-order valence-corrected chi connectivity index (χ0v) is 19.2. The number of nitrogens with one attached hydrogen (secondary N) is 1. The molecule has 1 aromatic heterocycles. The topological polar surface area (TPSA) is 113 Å². The fraction of sp³-hybridized carbons (Fsp3) is 0.545. The van der Waals surface area contributed by atoms with Gasteiger partial charge in [0.25, 0.3) is 0 Å². The van der Waals surface area contributed by atoms with Crippen LogP contribution in [0, 0.1) is 19.8 Å². The minimum Gasteiger partial charge on any atom is -0.361 e. The second kappa shape index (κ2) is 7.21. The van der Waals surface area contributed by atoms with Gasteiger partial charge in [0.2, 0.25) is 10.0 Å². The summed E-state index contributed by atoms with van der Waals surface area (Å²) in [5.41, 5.74) is 1.61. The molecule has 170 valence electrons. The van der Waals surface area contributed by atoms with Gasteiger partial charge in [-0.05, 0) is 64.5 Å². The molecule has 32 heavy (non-hydrogen) atoms. The first-order chi connectivity index (χ1) is 15.1. The summed E-state index contributed by atoms with van der Waals surface area (Å²) in [6, 6.07) is -0.399. The van der Waals surface area contributed by atoms with Crippen molar-refractivity contribution in [3.05, 3.63) is 40.8 Å². The highest BCUT2D eigenvalue weighted by Crippen LogP contribution is 2.36. The number of urea groups is 1. The molecular formula is C22H27N4O5S+. The molecule has 1 unspecified atom stereocenters. The van der Waals surface area contributed by atoms with Crippen LogP contribution >= 0.6 is 0 Å². The van der Waals surface area contributed by atoms with E-state index in [4.69, 9.17) is 4.52 Å². The van der Waals surface area contributed by atoms with E-state index in [1.54, 1.807) is 30.6 Å². The molecule has 2 heterocycles. The molecule has 5 rings (SSSR count). The minimum atomic E-state index is -3.70. The second-order valence-electron chi connectivity index (χ2n) is 9.53. The van der Waals surface area contributed by atoms with E-state index in [0.29, 0.717) is 35.2 Å². The van der Waals surface area contributed by atoms with Gasteiger partial charge in [-0.25, -0.2) is 17.9 Å². The van der Waals surface area contributed by atoms with Gasteiger partial charge < -0.3 is 4.52 Å². The first-order valence-corrected chi connectivity index (χ1v) is 12.5. The lowest BCUT2D eigenvalue weighted by molar-refractivity contribution is -0.440. The minimum absolute atomic E-state index is 0.0298. The molecule has 0 saturated heterocycles. The first-order valence-electron chi connectivity index (χ1n) is 10.9. The predicted octanol–water partition coefficient (Wildman–Crippen LogP) is 1.95. The predicted molar refractivity (Wildman–Crippen MR) is 115 cm³/mol. The van der Waals surface area contributed by atoms with Gasteiger partial charge in [-0.3, -0.25) is 0 Å². The lowest BCUT2D eigenvalue weighted by atomic mass is 9.99. The number of amides is 3. The monoisotopic (exact) mass is 459 g/mol. The van der Waals surface area contributed by atoms with Crippen LogP contribution in [-0.4, -0.2) is 58.0 Å². The van der Waals surface area contributed by atoms with Crippen LogP contribution in [0.1, 0.15) is 49.6 Å². The molecule has 0 radical (unpaired) electrons. The molecule has 1 N–H and O–H groups in total. The first kappa shape index (κ1) is 21.3. The molecular weight excluding hydrogens is 432 g/mol. The lowest BCUT2D eigenvalue weighted by Gasteiger charge is -2.26. The number of fused-ring (bicyclic) bond motifs is 1. The Labute approximate surface area is 186 Å². The van der Waals surface area contributed by atoms with Crippen LogP contribution in [0.3, 0.4) is 0 Å². The van der Waals surface area contributed by atoms with Crippen molar-refractivity contribution in [1.29, 1.82) is 0 Å². The zero-order chi connectivity index (χ0) is 22.8. The number of sulfonamides is 1. The van der Waals surface area contributed by atoms with Gasteiger partial charge in [0, 0.05) is 5.54 Å². The van der Waals surface area contributed by atoms with Crippen molar-refractivity contribution in [1.82, 2.24) is 14.8 Å². The van der Waals surface area contributed by atoms with Crippen molar-refractivity contribution in [2.45, 2.75) is 63.8 Å². The van der Waals surface area contributed by atoms with Gasteiger partial charge in [-0.1, -0.05) is 11.2 Å². The third-order valence-electron chi connectivity index (χ3n) is 6.66.